The summed E-state index contributed by atoms with van der Waals surface area (Å²) in [4.78, 5) is 2.33. The van der Waals surface area contributed by atoms with Gasteiger partial charge in [0.05, 0.1) is 12.5 Å². The fourth-order valence-corrected chi connectivity index (χ4v) is 3.15. The van der Waals surface area contributed by atoms with E-state index in [0.29, 0.717) is 0 Å². The predicted octanol–water partition coefficient (Wildman–Crippen LogP) is 3.17. The second-order valence-electron chi connectivity index (χ2n) is 6.58. The van der Waals surface area contributed by atoms with Crippen LogP contribution in [0.4, 0.5) is 0 Å². The van der Waals surface area contributed by atoms with Crippen molar-refractivity contribution >= 4 is 11.0 Å². The van der Waals surface area contributed by atoms with Crippen LogP contribution in [0.5, 0.6) is 5.75 Å². The molecule has 1 fully saturated rings. The molecule has 2 aromatic carbocycles. The molecule has 1 aliphatic heterocycles. The van der Waals surface area contributed by atoms with Crippen LogP contribution >= 0.6 is 0 Å². The van der Waals surface area contributed by atoms with Gasteiger partial charge in [-0.05, 0) is 43.4 Å². The first kappa shape index (κ1) is 16.7. The topological polar surface area (TPSA) is 41.2 Å². The molecule has 0 amide bonds. The predicted molar refractivity (Wildman–Crippen MR) is 103 cm³/mol. The minimum Gasteiger partial charge on any atom is -0.497 e. The third-order valence-corrected chi connectivity index (χ3v) is 4.75. The second kappa shape index (κ2) is 7.22. The maximum absolute atomic E-state index is 6.14. The molecule has 0 unspecified atom stereocenters. The monoisotopic (exact) mass is 349 g/mol. The Hall–Kier alpha value is -2.79. The van der Waals surface area contributed by atoms with Crippen LogP contribution in [-0.4, -0.2) is 50.2 Å². The lowest BCUT2D eigenvalue weighted by Gasteiger charge is -2.30. The Morgan fingerprint density at radius 3 is 2.42 bits per heavy atom. The van der Waals surface area contributed by atoms with Gasteiger partial charge in [0.15, 0.2) is 0 Å². The van der Waals surface area contributed by atoms with Crippen LogP contribution in [0.15, 0.2) is 64.1 Å². The summed E-state index contributed by atoms with van der Waals surface area (Å²) in [5.74, 6) is 1.64. The molecule has 5 heteroatoms. The fraction of sp³-hybridized carbons (Fsp3) is 0.286. The van der Waals surface area contributed by atoms with Gasteiger partial charge in [-0.3, -0.25) is 5.01 Å². The lowest BCUT2D eigenvalue weighted by atomic mass is 10.1. The summed E-state index contributed by atoms with van der Waals surface area (Å²) in [6.45, 7) is 3.94. The first-order valence-electron chi connectivity index (χ1n) is 8.88. The zero-order valence-corrected chi connectivity index (χ0v) is 15.2. The second-order valence-corrected chi connectivity index (χ2v) is 6.58. The van der Waals surface area contributed by atoms with Gasteiger partial charge >= 0.3 is 0 Å². The molecular weight excluding hydrogens is 326 g/mol. The summed E-state index contributed by atoms with van der Waals surface area (Å²) in [6.07, 6.45) is 0. The molecule has 1 aromatic heterocycles. The minimum absolute atomic E-state index is 0.805. The largest absolute Gasteiger partial charge is 0.497 e. The molecule has 0 aliphatic carbocycles. The number of para-hydroxylation sites is 1. The first-order chi connectivity index (χ1) is 12.7. The van der Waals surface area contributed by atoms with E-state index in [9.17, 15) is 0 Å². The van der Waals surface area contributed by atoms with E-state index >= 15 is 0 Å². The molecule has 1 aliphatic rings. The highest BCUT2D eigenvalue weighted by molar-refractivity contribution is 5.78. The summed E-state index contributed by atoms with van der Waals surface area (Å²) in [5, 5.41) is 9.05. The van der Waals surface area contributed by atoms with E-state index in [1.54, 1.807) is 7.11 Å². The highest BCUT2D eigenvalue weighted by atomic mass is 16.5. The highest BCUT2D eigenvalue weighted by Crippen LogP contribution is 2.24. The Balaban J connectivity index is 1.80. The molecule has 5 nitrogen and oxygen atoms in total. The van der Waals surface area contributed by atoms with Crippen molar-refractivity contribution in [1.82, 2.24) is 9.91 Å². The number of fused-ring (bicyclic) bond motifs is 1. The van der Waals surface area contributed by atoms with Crippen LogP contribution in [-0.2, 0) is 0 Å². The van der Waals surface area contributed by atoms with Gasteiger partial charge in [-0.2, -0.15) is 5.10 Å². The fourth-order valence-electron chi connectivity index (χ4n) is 3.15. The number of likely N-dealkylation sites (N-methyl/N-ethyl adjacent to an activating group) is 1. The minimum atomic E-state index is 0.805. The third kappa shape index (κ3) is 3.44. The number of piperazine rings is 1. The first-order valence-corrected chi connectivity index (χ1v) is 8.88. The maximum atomic E-state index is 6.14. The molecule has 0 atom stereocenters. The Bertz CT molecular complexity index is 955. The lowest BCUT2D eigenvalue weighted by Crippen LogP contribution is -2.42. The zero-order valence-electron chi connectivity index (χ0n) is 15.2. The van der Waals surface area contributed by atoms with Crippen molar-refractivity contribution in [2.75, 3.05) is 40.3 Å². The Labute approximate surface area is 153 Å². The molecule has 0 bridgehead atoms. The molecule has 1 saturated heterocycles. The average molecular weight is 349 g/mol. The molecule has 0 saturated carbocycles. The zero-order chi connectivity index (χ0) is 17.9. The Kier molecular flexibility index (Phi) is 4.63. The van der Waals surface area contributed by atoms with Crippen molar-refractivity contribution in [3.05, 3.63) is 60.0 Å². The molecule has 134 valence electrons. The van der Waals surface area contributed by atoms with Crippen LogP contribution in [0.3, 0.4) is 0 Å². The summed E-state index contributed by atoms with van der Waals surface area (Å²) >= 11 is 0. The van der Waals surface area contributed by atoms with Crippen molar-refractivity contribution in [1.29, 1.82) is 0 Å². The number of nitrogens with zero attached hydrogens (tertiary/aromatic N) is 3. The van der Waals surface area contributed by atoms with Gasteiger partial charge in [-0.25, -0.2) is 0 Å². The summed E-state index contributed by atoms with van der Waals surface area (Å²) in [7, 11) is 3.82. The number of hydrogen-bond acceptors (Lipinski definition) is 5. The van der Waals surface area contributed by atoms with E-state index in [-0.39, 0.29) is 0 Å². The number of benzene rings is 2. The van der Waals surface area contributed by atoms with Crippen molar-refractivity contribution < 1.29 is 9.15 Å². The quantitative estimate of drug-likeness (QED) is 0.728. The van der Waals surface area contributed by atoms with Crippen LogP contribution in [0, 0.1) is 0 Å². The van der Waals surface area contributed by atoms with Gasteiger partial charge in [0.25, 0.3) is 0 Å². The van der Waals surface area contributed by atoms with Crippen molar-refractivity contribution in [3.63, 3.8) is 0 Å². The molecule has 4 rings (SSSR count). The number of hydrogen-bond donors (Lipinski definition) is 0. The molecule has 0 N–H and O–H groups in total. The molecular formula is C21H23N3O2. The number of ether oxygens (including phenoxy) is 1. The van der Waals surface area contributed by atoms with E-state index < -0.39 is 0 Å². The Morgan fingerprint density at radius 2 is 1.69 bits per heavy atom. The standard InChI is InChI=1S/C21H23N3O2/c1-23-11-13-24(14-12-23)22-19-15-21(16-7-9-17(25-2)10-8-16)26-20-6-4-3-5-18(19)20/h3-10,15H,11-14H2,1-2H3. The van der Waals surface area contributed by atoms with E-state index in [0.717, 1.165) is 59.6 Å². The van der Waals surface area contributed by atoms with Gasteiger partial charge in [-0.1, -0.05) is 12.1 Å². The third-order valence-electron chi connectivity index (χ3n) is 4.75. The van der Waals surface area contributed by atoms with Gasteiger partial charge in [0.2, 0.25) is 0 Å². The Morgan fingerprint density at radius 1 is 0.962 bits per heavy atom. The van der Waals surface area contributed by atoms with E-state index in [1.165, 1.54) is 0 Å². The summed E-state index contributed by atoms with van der Waals surface area (Å²) < 4.78 is 11.4. The van der Waals surface area contributed by atoms with Crippen LogP contribution in [0.2, 0.25) is 0 Å². The lowest BCUT2D eigenvalue weighted by molar-refractivity contribution is 0.154. The van der Waals surface area contributed by atoms with Gasteiger partial charge in [0.1, 0.15) is 17.1 Å². The van der Waals surface area contributed by atoms with Crippen molar-refractivity contribution in [2.24, 2.45) is 5.10 Å². The molecule has 3 aromatic rings. The van der Waals surface area contributed by atoms with Gasteiger partial charge in [0, 0.05) is 43.2 Å². The van der Waals surface area contributed by atoms with Crippen molar-refractivity contribution in [2.45, 2.75) is 0 Å². The SMILES string of the molecule is COc1ccc(-c2cc(=NN3CCN(C)CC3)c3ccccc3o2)cc1. The van der Waals surface area contributed by atoms with E-state index in [2.05, 4.69) is 23.0 Å². The molecule has 0 spiro atoms. The van der Waals surface area contributed by atoms with E-state index in [1.807, 2.05) is 48.5 Å². The van der Waals surface area contributed by atoms with Gasteiger partial charge in [-0.15, -0.1) is 0 Å². The highest BCUT2D eigenvalue weighted by Gasteiger charge is 2.12. The summed E-state index contributed by atoms with van der Waals surface area (Å²) in [6, 6.07) is 18.0. The smallest absolute Gasteiger partial charge is 0.136 e. The average Bonchev–Trinajstić information content (AvgIpc) is 2.69. The molecule has 2 heterocycles. The number of methoxy groups -OCH3 is 1. The van der Waals surface area contributed by atoms with E-state index in [4.69, 9.17) is 14.3 Å². The molecule has 26 heavy (non-hydrogen) atoms. The van der Waals surface area contributed by atoms with Crippen LogP contribution in [0.25, 0.3) is 22.3 Å². The van der Waals surface area contributed by atoms with Crippen LogP contribution in [0.1, 0.15) is 0 Å². The number of rotatable bonds is 3. The maximum Gasteiger partial charge on any atom is 0.136 e. The van der Waals surface area contributed by atoms with Crippen LogP contribution < -0.4 is 10.1 Å². The summed E-state index contributed by atoms with van der Waals surface area (Å²) in [5.41, 5.74) is 1.85. The van der Waals surface area contributed by atoms with Gasteiger partial charge < -0.3 is 14.1 Å². The van der Waals surface area contributed by atoms with Crippen molar-refractivity contribution in [3.8, 4) is 17.1 Å². The molecule has 0 radical (unpaired) electrons. The normalized spacial score (nSPS) is 16.2.